The van der Waals surface area contributed by atoms with Crippen LogP contribution in [-0.4, -0.2) is 29.7 Å². The van der Waals surface area contributed by atoms with E-state index in [-0.39, 0.29) is 12.1 Å². The largest absolute Gasteiger partial charge is 0.416 e. The topological polar surface area (TPSA) is 68.8 Å². The Balaban J connectivity index is 1.78. The summed E-state index contributed by atoms with van der Waals surface area (Å²) in [5, 5.41) is 20.1. The molecule has 2 aromatic heterocycles. The number of alkyl halides is 3. The fraction of sp³-hybridized carbons (Fsp3) is 0.261. The van der Waals surface area contributed by atoms with E-state index in [0.29, 0.717) is 22.9 Å². The van der Waals surface area contributed by atoms with Crippen LogP contribution in [-0.2, 0) is 18.3 Å². The third kappa shape index (κ3) is 4.43. The van der Waals surface area contributed by atoms with Gasteiger partial charge in [-0.15, -0.1) is 0 Å². The summed E-state index contributed by atoms with van der Waals surface area (Å²) in [4.78, 5) is 3.83. The molecule has 0 fully saturated rings. The van der Waals surface area contributed by atoms with Crippen molar-refractivity contribution in [2.24, 2.45) is 0 Å². The van der Waals surface area contributed by atoms with Crippen LogP contribution in [0.3, 0.4) is 0 Å². The first kappa shape index (κ1) is 23.6. The average molecular weight is 477 g/mol. The Kier molecular flexibility index (Phi) is 5.98. The third-order valence-corrected chi connectivity index (χ3v) is 5.77. The van der Waals surface area contributed by atoms with Crippen LogP contribution in [0.1, 0.15) is 29.8 Å². The molecule has 0 unspecified atom stereocenters. The van der Waals surface area contributed by atoms with E-state index < -0.39 is 35.0 Å². The van der Waals surface area contributed by atoms with Crippen molar-refractivity contribution in [3.05, 3.63) is 89.8 Å². The molecule has 1 N–H and O–H groups in total. The summed E-state index contributed by atoms with van der Waals surface area (Å²) < 4.78 is 70.5. The zero-order chi connectivity index (χ0) is 24.7. The van der Waals surface area contributed by atoms with Crippen molar-refractivity contribution in [1.29, 1.82) is 0 Å². The molecule has 4 rings (SSSR count). The van der Waals surface area contributed by atoms with E-state index in [9.17, 15) is 27.1 Å². The molecule has 0 radical (unpaired) electrons. The van der Waals surface area contributed by atoms with Crippen LogP contribution >= 0.6 is 0 Å². The van der Waals surface area contributed by atoms with E-state index in [2.05, 4.69) is 15.2 Å². The highest BCUT2D eigenvalue weighted by Gasteiger charge is 2.41. The number of aliphatic hydroxyl groups is 1. The van der Waals surface area contributed by atoms with Gasteiger partial charge in [0, 0.05) is 23.4 Å². The van der Waals surface area contributed by atoms with E-state index in [0.717, 1.165) is 24.3 Å². The van der Waals surface area contributed by atoms with E-state index in [1.807, 2.05) is 0 Å². The van der Waals surface area contributed by atoms with Crippen molar-refractivity contribution in [3.8, 4) is 11.1 Å². The molecule has 0 aliphatic rings. The molecule has 4 aromatic rings. The lowest BCUT2D eigenvalue weighted by Gasteiger charge is -2.34. The fourth-order valence-electron chi connectivity index (χ4n) is 3.89. The second-order valence-electron chi connectivity index (χ2n) is 8.00. The van der Waals surface area contributed by atoms with Gasteiger partial charge in [0.2, 0.25) is 0 Å². The molecule has 2 heterocycles. The first-order valence-electron chi connectivity index (χ1n) is 10.2. The monoisotopic (exact) mass is 477 g/mol. The highest BCUT2D eigenvalue weighted by Crippen LogP contribution is 2.38. The first-order valence-corrected chi connectivity index (χ1v) is 10.2. The van der Waals surface area contributed by atoms with Crippen LogP contribution in [0.2, 0.25) is 0 Å². The Morgan fingerprint density at radius 3 is 2.50 bits per heavy atom. The molecular weight excluding hydrogens is 457 g/mol. The molecule has 0 aliphatic heterocycles. The van der Waals surface area contributed by atoms with Gasteiger partial charge in [-0.25, -0.2) is 18.4 Å². The Morgan fingerprint density at radius 1 is 1.09 bits per heavy atom. The molecule has 0 bridgehead atoms. The van der Waals surface area contributed by atoms with Crippen LogP contribution < -0.4 is 0 Å². The maximum absolute atomic E-state index is 14.8. The normalized spacial score (nSPS) is 14.7. The SMILES string of the molecule is Cc1nn([C@H](C)[C@](O)(Cn2cncn2)c2ccc(F)cc2F)cc1-c1cccc(C(F)(F)F)c1. The fourth-order valence-corrected chi connectivity index (χ4v) is 3.89. The number of rotatable bonds is 6. The minimum atomic E-state index is -4.51. The zero-order valence-electron chi connectivity index (χ0n) is 18.1. The van der Waals surface area contributed by atoms with Gasteiger partial charge >= 0.3 is 6.18 Å². The van der Waals surface area contributed by atoms with Gasteiger partial charge in [-0.1, -0.05) is 18.2 Å². The number of benzene rings is 2. The summed E-state index contributed by atoms with van der Waals surface area (Å²) in [6, 6.07) is 6.71. The van der Waals surface area contributed by atoms with Crippen LogP contribution in [0.4, 0.5) is 22.0 Å². The van der Waals surface area contributed by atoms with E-state index in [4.69, 9.17) is 0 Å². The second-order valence-corrected chi connectivity index (χ2v) is 8.00. The highest BCUT2D eigenvalue weighted by molar-refractivity contribution is 5.66. The zero-order valence-corrected chi connectivity index (χ0v) is 18.1. The van der Waals surface area contributed by atoms with Gasteiger partial charge in [-0.05, 0) is 37.6 Å². The van der Waals surface area contributed by atoms with Crippen molar-refractivity contribution >= 4 is 0 Å². The maximum atomic E-state index is 14.8. The van der Waals surface area contributed by atoms with Crippen LogP contribution in [0.5, 0.6) is 0 Å². The molecule has 0 spiro atoms. The molecule has 0 saturated carbocycles. The van der Waals surface area contributed by atoms with Crippen molar-refractivity contribution in [3.63, 3.8) is 0 Å². The summed E-state index contributed by atoms with van der Waals surface area (Å²) in [5.41, 5.74) is -1.84. The quantitative estimate of drug-likeness (QED) is 0.402. The lowest BCUT2D eigenvalue weighted by molar-refractivity contribution is -0.137. The highest BCUT2D eigenvalue weighted by atomic mass is 19.4. The van der Waals surface area contributed by atoms with E-state index in [1.165, 1.54) is 40.3 Å². The number of nitrogens with zero attached hydrogens (tertiary/aromatic N) is 5. The smallest absolute Gasteiger partial charge is 0.381 e. The number of halogens is 5. The van der Waals surface area contributed by atoms with Gasteiger partial charge in [0.1, 0.15) is 29.9 Å². The average Bonchev–Trinajstić information content (AvgIpc) is 3.42. The Morgan fingerprint density at radius 2 is 1.85 bits per heavy atom. The number of hydrogen-bond acceptors (Lipinski definition) is 4. The molecule has 0 aliphatic carbocycles. The third-order valence-electron chi connectivity index (χ3n) is 5.77. The molecule has 34 heavy (non-hydrogen) atoms. The van der Waals surface area contributed by atoms with Gasteiger partial charge in [0.15, 0.2) is 0 Å². The molecular formula is C23H20F5N5O. The minimum Gasteiger partial charge on any atom is -0.381 e. The van der Waals surface area contributed by atoms with Gasteiger partial charge in [0.25, 0.3) is 0 Å². The molecule has 0 saturated heterocycles. The summed E-state index contributed by atoms with van der Waals surface area (Å²) in [6.07, 6.45) is -0.438. The second kappa shape index (κ2) is 8.64. The summed E-state index contributed by atoms with van der Waals surface area (Å²) >= 11 is 0. The molecule has 0 amide bonds. The first-order chi connectivity index (χ1) is 16.0. The maximum Gasteiger partial charge on any atom is 0.416 e. The summed E-state index contributed by atoms with van der Waals surface area (Å²) in [5.74, 6) is -1.77. The number of aryl methyl sites for hydroxylation is 1. The molecule has 2 atom stereocenters. The minimum absolute atomic E-state index is 0.189. The lowest BCUT2D eigenvalue weighted by atomic mass is 9.86. The van der Waals surface area contributed by atoms with Gasteiger partial charge in [-0.2, -0.15) is 23.4 Å². The standard InChI is InChI=1S/C23H20F5N5O/c1-14-19(16-4-3-5-17(8-16)23(26,27)28)10-33(31-14)15(2)22(34,11-32-13-29-12-30-32)20-7-6-18(24)9-21(20)25/h3-10,12-13,15,34H,11H2,1-2H3/t15-,22-/m1/s1. The van der Waals surface area contributed by atoms with Crippen LogP contribution in [0.25, 0.3) is 11.1 Å². The van der Waals surface area contributed by atoms with Crippen molar-refractivity contribution in [2.75, 3.05) is 0 Å². The van der Waals surface area contributed by atoms with E-state index in [1.54, 1.807) is 13.8 Å². The lowest BCUT2D eigenvalue weighted by Crippen LogP contribution is -2.40. The Hall–Kier alpha value is -3.60. The van der Waals surface area contributed by atoms with Gasteiger partial charge in [0.05, 0.1) is 23.8 Å². The van der Waals surface area contributed by atoms with Crippen molar-refractivity contribution in [1.82, 2.24) is 24.5 Å². The predicted octanol–water partition coefficient (Wildman–Crippen LogP) is 4.90. The van der Waals surface area contributed by atoms with Crippen molar-refractivity contribution in [2.45, 2.75) is 38.2 Å². The molecule has 11 heteroatoms. The molecule has 2 aromatic carbocycles. The van der Waals surface area contributed by atoms with Gasteiger partial charge in [-0.3, -0.25) is 4.68 Å². The van der Waals surface area contributed by atoms with Gasteiger partial charge < -0.3 is 5.11 Å². The predicted molar refractivity (Wildman–Crippen MR) is 112 cm³/mol. The van der Waals surface area contributed by atoms with E-state index >= 15 is 0 Å². The van der Waals surface area contributed by atoms with Crippen LogP contribution in [0.15, 0.2) is 61.3 Å². The van der Waals surface area contributed by atoms with Crippen molar-refractivity contribution < 1.29 is 27.1 Å². The summed E-state index contributed by atoms with van der Waals surface area (Å²) in [7, 11) is 0. The number of aromatic nitrogens is 5. The number of hydrogen-bond donors (Lipinski definition) is 1. The Bertz CT molecular complexity index is 1300. The van der Waals surface area contributed by atoms with Crippen LogP contribution in [0, 0.1) is 18.6 Å². The summed E-state index contributed by atoms with van der Waals surface area (Å²) in [6.45, 7) is 2.95. The molecule has 178 valence electrons. The molecule has 6 nitrogen and oxygen atoms in total. The Labute approximate surface area is 191 Å².